The highest BCUT2D eigenvalue weighted by atomic mass is 32.2. The standard InChI is InChI=1S/C14H15F3N2O4S/c1-8(2)5-11(13(20)21)19-24(22,23)12-4-3-10(14(15,16)17)6-9(12)7-18/h3-4,6,8,11,19H,5H2,1-2H3,(H,20,21)/t11-/m1/s1. The van der Waals surface area contributed by atoms with Crippen LogP contribution in [-0.2, 0) is 21.0 Å². The van der Waals surface area contributed by atoms with Crippen LogP contribution in [0.2, 0.25) is 0 Å². The summed E-state index contributed by atoms with van der Waals surface area (Å²) >= 11 is 0. The monoisotopic (exact) mass is 364 g/mol. The Kier molecular flexibility index (Phi) is 5.97. The predicted molar refractivity (Wildman–Crippen MR) is 77.4 cm³/mol. The van der Waals surface area contributed by atoms with Crippen molar-refractivity contribution >= 4 is 16.0 Å². The minimum atomic E-state index is -4.73. The number of carboxylic acid groups (broad SMARTS) is 1. The van der Waals surface area contributed by atoms with Crippen molar-refractivity contribution in [1.29, 1.82) is 5.26 Å². The van der Waals surface area contributed by atoms with Gasteiger partial charge in [0.1, 0.15) is 12.1 Å². The third kappa shape index (κ3) is 4.94. The lowest BCUT2D eigenvalue weighted by Crippen LogP contribution is -2.41. The van der Waals surface area contributed by atoms with Crippen molar-refractivity contribution in [2.45, 2.75) is 37.4 Å². The minimum absolute atomic E-state index is 0.0168. The topological polar surface area (TPSA) is 107 Å². The van der Waals surface area contributed by atoms with E-state index < -0.39 is 44.2 Å². The molecule has 1 rings (SSSR count). The molecule has 1 aromatic rings. The molecule has 2 N–H and O–H groups in total. The summed E-state index contributed by atoms with van der Waals surface area (Å²) in [6.07, 6.45) is -4.75. The van der Waals surface area contributed by atoms with Gasteiger partial charge in [0.25, 0.3) is 0 Å². The molecule has 24 heavy (non-hydrogen) atoms. The predicted octanol–water partition coefficient (Wildman–Crippen LogP) is 2.35. The van der Waals surface area contributed by atoms with E-state index in [4.69, 9.17) is 10.4 Å². The van der Waals surface area contributed by atoms with Crippen LogP contribution < -0.4 is 4.72 Å². The quantitative estimate of drug-likeness (QED) is 0.806. The van der Waals surface area contributed by atoms with Crippen LogP contribution >= 0.6 is 0 Å². The van der Waals surface area contributed by atoms with Gasteiger partial charge in [-0.3, -0.25) is 4.79 Å². The molecule has 0 fully saturated rings. The number of halogens is 3. The van der Waals surface area contributed by atoms with E-state index in [2.05, 4.69) is 0 Å². The first kappa shape index (κ1) is 19.9. The van der Waals surface area contributed by atoms with E-state index >= 15 is 0 Å². The maximum absolute atomic E-state index is 12.6. The first-order chi connectivity index (χ1) is 10.9. The number of benzene rings is 1. The lowest BCUT2D eigenvalue weighted by molar-refractivity contribution is -0.139. The summed E-state index contributed by atoms with van der Waals surface area (Å²) in [5.41, 5.74) is -1.89. The molecule has 0 unspecified atom stereocenters. The van der Waals surface area contributed by atoms with Crippen molar-refractivity contribution < 1.29 is 31.5 Å². The molecule has 132 valence electrons. The minimum Gasteiger partial charge on any atom is -0.480 e. The summed E-state index contributed by atoms with van der Waals surface area (Å²) in [5.74, 6) is -1.56. The van der Waals surface area contributed by atoms with Crippen LogP contribution in [0.25, 0.3) is 0 Å². The molecule has 0 heterocycles. The number of nitrogens with one attached hydrogen (secondary N) is 1. The van der Waals surface area contributed by atoms with Crippen molar-refractivity contribution in [3.63, 3.8) is 0 Å². The third-order valence-corrected chi connectivity index (χ3v) is 4.55. The normalized spacial score (nSPS) is 13.5. The van der Waals surface area contributed by atoms with E-state index in [1.165, 1.54) is 6.07 Å². The summed E-state index contributed by atoms with van der Waals surface area (Å²) in [5, 5.41) is 18.0. The van der Waals surface area contributed by atoms with Gasteiger partial charge in [-0.2, -0.15) is 23.2 Å². The van der Waals surface area contributed by atoms with Crippen LogP contribution in [-0.4, -0.2) is 25.5 Å². The second-order valence-electron chi connectivity index (χ2n) is 5.46. The Morgan fingerprint density at radius 2 is 1.96 bits per heavy atom. The van der Waals surface area contributed by atoms with Crippen LogP contribution in [0.15, 0.2) is 23.1 Å². The number of sulfonamides is 1. The Labute approximate surface area is 137 Å². The molecule has 0 aliphatic carbocycles. The van der Waals surface area contributed by atoms with Gasteiger partial charge in [0, 0.05) is 0 Å². The Morgan fingerprint density at radius 1 is 1.38 bits per heavy atom. The molecule has 1 atom stereocenters. The Balaban J connectivity index is 3.28. The highest BCUT2D eigenvalue weighted by Crippen LogP contribution is 2.31. The molecule has 0 saturated heterocycles. The van der Waals surface area contributed by atoms with E-state index in [-0.39, 0.29) is 12.3 Å². The lowest BCUT2D eigenvalue weighted by atomic mass is 10.1. The van der Waals surface area contributed by atoms with Gasteiger partial charge in [0.2, 0.25) is 10.0 Å². The maximum Gasteiger partial charge on any atom is 0.416 e. The van der Waals surface area contributed by atoms with Crippen molar-refractivity contribution in [3.8, 4) is 6.07 Å². The van der Waals surface area contributed by atoms with Gasteiger partial charge in [-0.15, -0.1) is 0 Å². The number of aliphatic carboxylic acids is 1. The number of nitrogens with zero attached hydrogens (tertiary/aromatic N) is 1. The van der Waals surface area contributed by atoms with E-state index in [0.29, 0.717) is 18.2 Å². The molecular weight excluding hydrogens is 349 g/mol. The Morgan fingerprint density at radius 3 is 2.38 bits per heavy atom. The summed E-state index contributed by atoms with van der Waals surface area (Å²) in [6, 6.07) is 1.50. The van der Waals surface area contributed by atoms with Crippen LogP contribution in [0.3, 0.4) is 0 Å². The maximum atomic E-state index is 12.6. The Hall–Kier alpha value is -2.12. The van der Waals surface area contributed by atoms with Crippen LogP contribution in [0.5, 0.6) is 0 Å². The number of rotatable bonds is 6. The van der Waals surface area contributed by atoms with Crippen molar-refractivity contribution in [2.75, 3.05) is 0 Å². The summed E-state index contributed by atoms with van der Waals surface area (Å²) in [4.78, 5) is 10.4. The zero-order valence-corrected chi connectivity index (χ0v) is 13.6. The number of alkyl halides is 3. The number of carbonyl (C=O) groups is 1. The molecule has 0 bridgehead atoms. The van der Waals surface area contributed by atoms with Crippen LogP contribution in [0, 0.1) is 17.2 Å². The van der Waals surface area contributed by atoms with E-state index in [9.17, 15) is 26.4 Å². The molecule has 10 heteroatoms. The number of carboxylic acids is 1. The lowest BCUT2D eigenvalue weighted by Gasteiger charge is -2.17. The van der Waals surface area contributed by atoms with Gasteiger partial charge < -0.3 is 5.11 Å². The van der Waals surface area contributed by atoms with Crippen LogP contribution in [0.1, 0.15) is 31.4 Å². The molecule has 0 aliphatic rings. The fourth-order valence-electron chi connectivity index (χ4n) is 1.95. The van der Waals surface area contributed by atoms with Gasteiger partial charge in [-0.25, -0.2) is 8.42 Å². The largest absolute Gasteiger partial charge is 0.480 e. The molecular formula is C14H15F3N2O4S. The van der Waals surface area contributed by atoms with Gasteiger partial charge in [-0.1, -0.05) is 13.8 Å². The number of nitriles is 1. The zero-order chi connectivity index (χ0) is 18.7. The smallest absolute Gasteiger partial charge is 0.416 e. The first-order valence-corrected chi connectivity index (χ1v) is 8.23. The van der Waals surface area contributed by atoms with E-state index in [1.54, 1.807) is 13.8 Å². The fourth-order valence-corrected chi connectivity index (χ4v) is 3.29. The second kappa shape index (κ2) is 7.19. The molecule has 0 amide bonds. The van der Waals surface area contributed by atoms with Gasteiger partial charge in [0.15, 0.2) is 0 Å². The summed E-state index contributed by atoms with van der Waals surface area (Å²) < 4.78 is 64.4. The summed E-state index contributed by atoms with van der Waals surface area (Å²) in [6.45, 7) is 3.37. The van der Waals surface area contributed by atoms with E-state index in [0.717, 1.165) is 0 Å². The average molecular weight is 364 g/mol. The molecule has 6 nitrogen and oxygen atoms in total. The fraction of sp³-hybridized carbons (Fsp3) is 0.429. The number of hydrogen-bond acceptors (Lipinski definition) is 4. The summed E-state index contributed by atoms with van der Waals surface area (Å²) in [7, 11) is -4.48. The van der Waals surface area contributed by atoms with Gasteiger partial charge in [0.05, 0.1) is 16.0 Å². The molecule has 0 spiro atoms. The SMILES string of the molecule is CC(C)C[C@@H](NS(=O)(=O)c1ccc(C(F)(F)F)cc1C#N)C(=O)O. The highest BCUT2D eigenvalue weighted by molar-refractivity contribution is 7.89. The van der Waals surface area contributed by atoms with Gasteiger partial charge >= 0.3 is 12.1 Å². The number of hydrogen-bond donors (Lipinski definition) is 2. The second-order valence-corrected chi connectivity index (χ2v) is 7.14. The van der Waals surface area contributed by atoms with Crippen molar-refractivity contribution in [2.24, 2.45) is 5.92 Å². The van der Waals surface area contributed by atoms with Gasteiger partial charge in [-0.05, 0) is 30.5 Å². The third-order valence-electron chi connectivity index (χ3n) is 3.02. The zero-order valence-electron chi connectivity index (χ0n) is 12.8. The van der Waals surface area contributed by atoms with Crippen LogP contribution in [0.4, 0.5) is 13.2 Å². The van der Waals surface area contributed by atoms with Crippen molar-refractivity contribution in [1.82, 2.24) is 4.72 Å². The molecule has 0 radical (unpaired) electrons. The average Bonchev–Trinajstić information content (AvgIpc) is 2.44. The molecule has 0 aliphatic heterocycles. The highest BCUT2D eigenvalue weighted by Gasteiger charge is 2.33. The molecule has 0 saturated carbocycles. The Bertz CT molecular complexity index is 767. The first-order valence-electron chi connectivity index (χ1n) is 6.75. The molecule has 0 aromatic heterocycles. The van der Waals surface area contributed by atoms with E-state index in [1.807, 2.05) is 4.72 Å². The van der Waals surface area contributed by atoms with Crippen molar-refractivity contribution in [3.05, 3.63) is 29.3 Å². The molecule has 1 aromatic carbocycles.